The van der Waals surface area contributed by atoms with Gasteiger partial charge in [0.1, 0.15) is 0 Å². The minimum absolute atomic E-state index is 0.0982. The molecular weight excluding hydrogens is 338 g/mol. The number of carboxylic acids is 1. The van der Waals surface area contributed by atoms with Crippen molar-refractivity contribution in [3.05, 3.63) is 26.8 Å². The lowest BCUT2D eigenvalue weighted by atomic mass is 9.91. The van der Waals surface area contributed by atoms with Gasteiger partial charge < -0.3 is 14.9 Å². The molecule has 0 saturated carbocycles. The van der Waals surface area contributed by atoms with Crippen LogP contribution in [0.1, 0.15) is 80.8 Å². The van der Waals surface area contributed by atoms with E-state index in [4.69, 9.17) is 4.74 Å². The molecule has 0 fully saturated rings. The highest BCUT2D eigenvalue weighted by Gasteiger charge is 2.34. The van der Waals surface area contributed by atoms with Crippen molar-refractivity contribution in [3.8, 4) is 11.5 Å². The Morgan fingerprint density at radius 3 is 2.04 bits per heavy atom. The number of nitrogens with zero attached hydrogens (tertiary/aromatic N) is 1. The molecular formula is C19H29NO6. The minimum atomic E-state index is -1.52. The summed E-state index contributed by atoms with van der Waals surface area (Å²) in [5.74, 6) is -2.05. The Morgan fingerprint density at radius 1 is 1.04 bits per heavy atom. The fraction of sp³-hybridized carbons (Fsp3) is 0.632. The van der Waals surface area contributed by atoms with Crippen LogP contribution in [0.25, 0.3) is 0 Å². The second-order valence-corrected chi connectivity index (χ2v) is 6.33. The molecule has 0 unspecified atom stereocenters. The summed E-state index contributed by atoms with van der Waals surface area (Å²) in [6.45, 7) is 6.29. The molecule has 0 heterocycles. The van der Waals surface area contributed by atoms with Crippen LogP contribution < -0.4 is 4.74 Å². The molecule has 1 aromatic rings. The fourth-order valence-corrected chi connectivity index (χ4v) is 2.92. The zero-order valence-corrected chi connectivity index (χ0v) is 15.8. The summed E-state index contributed by atoms with van der Waals surface area (Å²) in [7, 11) is 0. The van der Waals surface area contributed by atoms with Crippen LogP contribution in [0.3, 0.4) is 0 Å². The molecule has 7 nitrogen and oxygen atoms in total. The number of aromatic carboxylic acids is 1. The highest BCUT2D eigenvalue weighted by molar-refractivity contribution is 5.98. The molecule has 0 bridgehead atoms. The predicted octanol–water partition coefficient (Wildman–Crippen LogP) is 4.86. The van der Waals surface area contributed by atoms with Crippen LogP contribution in [0.2, 0.25) is 0 Å². The number of nitro benzene ring substituents is 1. The van der Waals surface area contributed by atoms with Gasteiger partial charge >= 0.3 is 5.97 Å². The first kappa shape index (κ1) is 21.7. The molecule has 0 spiro atoms. The van der Waals surface area contributed by atoms with Crippen molar-refractivity contribution in [2.75, 3.05) is 6.61 Å². The third-order valence-corrected chi connectivity index (χ3v) is 4.31. The third kappa shape index (κ3) is 5.09. The molecule has 0 aliphatic heterocycles. The highest BCUT2D eigenvalue weighted by atomic mass is 16.6. The molecule has 0 radical (unpaired) electrons. The van der Waals surface area contributed by atoms with Gasteiger partial charge in [-0.1, -0.05) is 40.0 Å². The Morgan fingerprint density at radius 2 is 1.58 bits per heavy atom. The van der Waals surface area contributed by atoms with Gasteiger partial charge in [-0.25, -0.2) is 4.79 Å². The minimum Gasteiger partial charge on any atom is -0.503 e. The molecule has 2 N–H and O–H groups in total. The maximum atomic E-state index is 11.7. The fourth-order valence-electron chi connectivity index (χ4n) is 2.92. The van der Waals surface area contributed by atoms with Crippen molar-refractivity contribution >= 4 is 11.7 Å². The number of benzene rings is 1. The van der Waals surface area contributed by atoms with E-state index >= 15 is 0 Å². The van der Waals surface area contributed by atoms with Crippen molar-refractivity contribution < 1.29 is 24.7 Å². The Bertz CT molecular complexity index is 642. The maximum Gasteiger partial charge on any atom is 0.346 e. The standard InChI is InChI=1S/C19H29NO6/c1-4-7-10-13-14(11-8-5-2)18(26-12-9-6-3)17(21)15(19(22)23)16(13)20(24)25/h21H,4-12H2,1-3H3,(H,22,23). The molecule has 1 rings (SSSR count). The van der Waals surface area contributed by atoms with E-state index in [1.54, 1.807) is 0 Å². The van der Waals surface area contributed by atoms with Gasteiger partial charge in [0.2, 0.25) is 0 Å². The smallest absolute Gasteiger partial charge is 0.346 e. The number of unbranched alkanes of at least 4 members (excludes halogenated alkanes) is 3. The molecule has 0 atom stereocenters. The van der Waals surface area contributed by atoms with Gasteiger partial charge in [-0.2, -0.15) is 0 Å². The molecule has 0 aliphatic rings. The summed E-state index contributed by atoms with van der Waals surface area (Å²) >= 11 is 0. The zero-order valence-electron chi connectivity index (χ0n) is 15.8. The topological polar surface area (TPSA) is 110 Å². The largest absolute Gasteiger partial charge is 0.503 e. The van der Waals surface area contributed by atoms with Crippen molar-refractivity contribution in [2.45, 2.75) is 72.1 Å². The van der Waals surface area contributed by atoms with E-state index in [9.17, 15) is 25.1 Å². The van der Waals surface area contributed by atoms with Crippen LogP contribution in [-0.2, 0) is 12.8 Å². The summed E-state index contributed by atoms with van der Waals surface area (Å²) in [5, 5.41) is 31.6. The normalized spacial score (nSPS) is 10.7. The van der Waals surface area contributed by atoms with Crippen LogP contribution in [0.5, 0.6) is 11.5 Å². The molecule has 0 aliphatic carbocycles. The van der Waals surface area contributed by atoms with Gasteiger partial charge in [0.15, 0.2) is 17.1 Å². The second-order valence-electron chi connectivity index (χ2n) is 6.33. The quantitative estimate of drug-likeness (QED) is 0.310. The predicted molar refractivity (Wildman–Crippen MR) is 99.3 cm³/mol. The number of carbonyl (C=O) groups is 1. The lowest BCUT2D eigenvalue weighted by Gasteiger charge is -2.19. The zero-order chi connectivity index (χ0) is 19.7. The van der Waals surface area contributed by atoms with Crippen molar-refractivity contribution in [2.24, 2.45) is 0 Å². The Labute approximate surface area is 154 Å². The summed E-state index contributed by atoms with van der Waals surface area (Å²) < 4.78 is 5.72. The van der Waals surface area contributed by atoms with E-state index in [1.165, 1.54) is 0 Å². The second kappa shape index (κ2) is 10.6. The van der Waals surface area contributed by atoms with Crippen LogP contribution in [0, 0.1) is 10.1 Å². The number of rotatable bonds is 12. The van der Waals surface area contributed by atoms with Crippen LogP contribution in [-0.4, -0.2) is 27.7 Å². The van der Waals surface area contributed by atoms with Gasteiger partial charge in [-0.05, 0) is 32.1 Å². The summed E-state index contributed by atoms with van der Waals surface area (Å²) in [4.78, 5) is 22.6. The van der Waals surface area contributed by atoms with Crippen LogP contribution >= 0.6 is 0 Å². The molecule has 0 amide bonds. The van der Waals surface area contributed by atoms with E-state index in [1.807, 2.05) is 20.8 Å². The lowest BCUT2D eigenvalue weighted by molar-refractivity contribution is -0.386. The van der Waals surface area contributed by atoms with Crippen molar-refractivity contribution in [1.29, 1.82) is 0 Å². The van der Waals surface area contributed by atoms with Gasteiger partial charge in [-0.3, -0.25) is 10.1 Å². The van der Waals surface area contributed by atoms with Gasteiger partial charge in [0.25, 0.3) is 5.69 Å². The average Bonchev–Trinajstić information content (AvgIpc) is 2.59. The summed E-state index contributed by atoms with van der Waals surface area (Å²) in [6.07, 6.45) is 5.67. The van der Waals surface area contributed by atoms with Gasteiger partial charge in [0.05, 0.1) is 11.5 Å². The third-order valence-electron chi connectivity index (χ3n) is 4.31. The van der Waals surface area contributed by atoms with Gasteiger partial charge in [0, 0.05) is 11.1 Å². The van der Waals surface area contributed by atoms with E-state index in [2.05, 4.69) is 0 Å². The van der Waals surface area contributed by atoms with Crippen LogP contribution in [0.15, 0.2) is 0 Å². The number of nitro groups is 1. The molecule has 0 saturated heterocycles. The van der Waals surface area contributed by atoms with E-state index in [0.717, 1.165) is 32.1 Å². The number of phenols is 1. The Balaban J connectivity index is 3.70. The molecule has 0 aromatic heterocycles. The first-order valence-corrected chi connectivity index (χ1v) is 9.31. The van der Waals surface area contributed by atoms with E-state index in [0.29, 0.717) is 37.0 Å². The number of hydrogen-bond donors (Lipinski definition) is 2. The Kier molecular flexibility index (Phi) is 8.88. The monoisotopic (exact) mass is 367 g/mol. The number of ether oxygens (including phenoxy) is 1. The number of hydrogen-bond acceptors (Lipinski definition) is 5. The van der Waals surface area contributed by atoms with Crippen molar-refractivity contribution in [1.82, 2.24) is 0 Å². The molecule has 26 heavy (non-hydrogen) atoms. The summed E-state index contributed by atoms with van der Waals surface area (Å²) in [6, 6.07) is 0. The van der Waals surface area contributed by atoms with Crippen molar-refractivity contribution in [3.63, 3.8) is 0 Å². The average molecular weight is 367 g/mol. The van der Waals surface area contributed by atoms with E-state index < -0.39 is 27.9 Å². The van der Waals surface area contributed by atoms with E-state index in [-0.39, 0.29) is 5.75 Å². The number of carboxylic acid groups (broad SMARTS) is 1. The lowest BCUT2D eigenvalue weighted by Crippen LogP contribution is -2.12. The SMILES string of the molecule is CCCCOc1c(O)c(C(=O)O)c([N+](=O)[O-])c(CCCC)c1CCCC. The molecule has 146 valence electrons. The Hall–Kier alpha value is -2.31. The number of aromatic hydroxyl groups is 1. The maximum absolute atomic E-state index is 11.7. The van der Waals surface area contributed by atoms with Gasteiger partial charge in [-0.15, -0.1) is 0 Å². The summed E-state index contributed by atoms with van der Waals surface area (Å²) in [5.41, 5.74) is -0.220. The first-order valence-electron chi connectivity index (χ1n) is 9.31. The van der Waals surface area contributed by atoms with Crippen LogP contribution in [0.4, 0.5) is 5.69 Å². The first-order chi connectivity index (χ1) is 12.4. The highest BCUT2D eigenvalue weighted by Crippen LogP contribution is 2.44. The molecule has 1 aromatic carbocycles. The molecule has 7 heteroatoms.